The molecule has 1 N–H and O–H groups in total. The molecule has 2 aromatic rings. The van der Waals surface area contributed by atoms with Gasteiger partial charge in [0.2, 0.25) is 0 Å². The average molecular weight is 311 g/mol. The third-order valence-electron chi connectivity index (χ3n) is 3.22. The van der Waals surface area contributed by atoms with Crippen molar-refractivity contribution in [3.05, 3.63) is 46.2 Å². The number of hydrogen-bond acceptors (Lipinski definition) is 3. The predicted octanol–water partition coefficient (Wildman–Crippen LogP) is 3.39. The molecule has 1 heterocycles. The number of benzene rings is 1. The van der Waals surface area contributed by atoms with E-state index in [1.807, 2.05) is 26.1 Å². The van der Waals surface area contributed by atoms with Crippen LogP contribution in [0.4, 0.5) is 0 Å². The first-order valence-electron chi connectivity index (χ1n) is 6.53. The molecule has 108 valence electrons. The summed E-state index contributed by atoms with van der Waals surface area (Å²) >= 11 is 7.87. The number of hydrogen-bond donors (Lipinski definition) is 1. The molecule has 0 radical (unpaired) electrons. The molecule has 0 aliphatic heterocycles. The Morgan fingerprint density at radius 2 is 2.05 bits per heavy atom. The summed E-state index contributed by atoms with van der Waals surface area (Å²) in [6, 6.07) is 8.20. The lowest BCUT2D eigenvalue weighted by Gasteiger charge is -2.12. The topological polar surface area (TPSA) is 38.1 Å². The van der Waals surface area contributed by atoms with Crippen LogP contribution in [-0.4, -0.2) is 26.7 Å². The van der Waals surface area contributed by atoms with E-state index in [9.17, 15) is 5.11 Å². The quantitative estimate of drug-likeness (QED) is 0.860. The fraction of sp³-hybridized carbons (Fsp3) is 0.400. The van der Waals surface area contributed by atoms with Gasteiger partial charge in [-0.1, -0.05) is 29.8 Å². The largest absolute Gasteiger partial charge is 0.392 e. The Hall–Kier alpha value is -0.970. The van der Waals surface area contributed by atoms with Crippen LogP contribution in [0.15, 0.2) is 29.2 Å². The van der Waals surface area contributed by atoms with Crippen LogP contribution >= 0.6 is 23.4 Å². The van der Waals surface area contributed by atoms with Crippen LogP contribution in [0, 0.1) is 13.8 Å². The second kappa shape index (κ2) is 6.66. The minimum Gasteiger partial charge on any atom is -0.392 e. The van der Waals surface area contributed by atoms with Crippen LogP contribution in [0.5, 0.6) is 0 Å². The normalized spacial score (nSPS) is 12.7. The van der Waals surface area contributed by atoms with Gasteiger partial charge in [-0.3, -0.25) is 4.68 Å². The van der Waals surface area contributed by atoms with Gasteiger partial charge in [0.15, 0.2) is 0 Å². The Balaban J connectivity index is 1.96. The van der Waals surface area contributed by atoms with E-state index in [-0.39, 0.29) is 0 Å². The van der Waals surface area contributed by atoms with E-state index in [0.717, 1.165) is 11.4 Å². The maximum absolute atomic E-state index is 10.2. The number of nitrogens with zero attached hydrogens (tertiary/aromatic N) is 2. The van der Waals surface area contributed by atoms with Gasteiger partial charge in [0, 0.05) is 24.1 Å². The molecule has 1 unspecified atom stereocenters. The summed E-state index contributed by atoms with van der Waals surface area (Å²) in [4.78, 5) is 1.21. The fourth-order valence-electron chi connectivity index (χ4n) is 2.09. The van der Waals surface area contributed by atoms with Crippen molar-refractivity contribution in [2.75, 3.05) is 5.75 Å². The number of aliphatic hydroxyl groups excluding tert-OH is 1. The zero-order valence-corrected chi connectivity index (χ0v) is 13.5. The van der Waals surface area contributed by atoms with Crippen molar-refractivity contribution in [2.45, 2.75) is 31.3 Å². The predicted molar refractivity (Wildman–Crippen MR) is 84.6 cm³/mol. The second-order valence-electron chi connectivity index (χ2n) is 4.90. The summed E-state index contributed by atoms with van der Waals surface area (Å²) in [5, 5.41) is 15.1. The van der Waals surface area contributed by atoms with Crippen LogP contribution < -0.4 is 0 Å². The molecular formula is C15H19ClN2OS. The van der Waals surface area contributed by atoms with E-state index < -0.39 is 6.10 Å². The highest BCUT2D eigenvalue weighted by molar-refractivity contribution is 7.99. The molecule has 0 aliphatic rings. The molecule has 0 saturated carbocycles. The van der Waals surface area contributed by atoms with E-state index in [2.05, 4.69) is 24.2 Å². The summed E-state index contributed by atoms with van der Waals surface area (Å²) < 4.78 is 1.75. The summed E-state index contributed by atoms with van der Waals surface area (Å²) in [7, 11) is 1.86. The zero-order chi connectivity index (χ0) is 14.7. The maximum Gasteiger partial charge on any atom is 0.0847 e. The van der Waals surface area contributed by atoms with Gasteiger partial charge in [0.05, 0.1) is 22.5 Å². The lowest BCUT2D eigenvalue weighted by molar-refractivity contribution is 0.197. The van der Waals surface area contributed by atoms with Gasteiger partial charge in [-0.2, -0.15) is 5.10 Å². The highest BCUT2D eigenvalue weighted by Gasteiger charge is 2.15. The molecule has 20 heavy (non-hydrogen) atoms. The van der Waals surface area contributed by atoms with Crippen LogP contribution in [0.3, 0.4) is 0 Å². The third kappa shape index (κ3) is 3.57. The number of halogens is 1. The standard InChI is InChI=1S/C15H19ClN2OS/c1-10-6-4-5-7-14(10)20-9-12(19)8-13-15(16)11(2)17-18(13)3/h4-7,12,19H,8-9H2,1-3H3. The molecule has 0 aliphatic carbocycles. The lowest BCUT2D eigenvalue weighted by Crippen LogP contribution is -2.16. The Labute approximate surface area is 129 Å². The van der Waals surface area contributed by atoms with E-state index in [1.165, 1.54) is 10.5 Å². The molecular weight excluding hydrogens is 292 g/mol. The first kappa shape index (κ1) is 15.4. The Morgan fingerprint density at radius 1 is 1.35 bits per heavy atom. The van der Waals surface area contributed by atoms with Gasteiger partial charge in [0.1, 0.15) is 0 Å². The summed E-state index contributed by atoms with van der Waals surface area (Å²) in [5.74, 6) is 0.644. The highest BCUT2D eigenvalue weighted by Crippen LogP contribution is 2.25. The SMILES string of the molecule is Cc1ccccc1SCC(O)Cc1c(Cl)c(C)nn1C. The van der Waals surface area contributed by atoms with E-state index in [1.54, 1.807) is 16.4 Å². The Morgan fingerprint density at radius 3 is 2.65 bits per heavy atom. The van der Waals surface area contributed by atoms with Crippen LogP contribution in [0.1, 0.15) is 17.0 Å². The zero-order valence-electron chi connectivity index (χ0n) is 11.9. The first-order valence-corrected chi connectivity index (χ1v) is 7.90. The van der Waals surface area contributed by atoms with Gasteiger partial charge in [-0.25, -0.2) is 0 Å². The number of aromatic nitrogens is 2. The van der Waals surface area contributed by atoms with Crippen LogP contribution in [0.25, 0.3) is 0 Å². The van der Waals surface area contributed by atoms with Crippen molar-refractivity contribution in [3.63, 3.8) is 0 Å². The van der Waals surface area contributed by atoms with Crippen LogP contribution in [0.2, 0.25) is 5.02 Å². The van der Waals surface area contributed by atoms with Crippen molar-refractivity contribution in [1.29, 1.82) is 0 Å². The van der Waals surface area contributed by atoms with E-state index >= 15 is 0 Å². The van der Waals surface area contributed by atoms with Gasteiger partial charge in [0.25, 0.3) is 0 Å². The van der Waals surface area contributed by atoms with Crippen LogP contribution in [-0.2, 0) is 13.5 Å². The molecule has 5 heteroatoms. The average Bonchev–Trinajstić information content (AvgIpc) is 2.64. The van der Waals surface area contributed by atoms with Crippen molar-refractivity contribution in [3.8, 4) is 0 Å². The monoisotopic (exact) mass is 310 g/mol. The van der Waals surface area contributed by atoms with Crippen molar-refractivity contribution >= 4 is 23.4 Å². The van der Waals surface area contributed by atoms with E-state index in [4.69, 9.17) is 11.6 Å². The molecule has 0 fully saturated rings. The second-order valence-corrected chi connectivity index (χ2v) is 6.34. The molecule has 0 spiro atoms. The van der Waals surface area contributed by atoms with Gasteiger partial charge < -0.3 is 5.11 Å². The molecule has 0 amide bonds. The molecule has 2 rings (SSSR count). The number of rotatable bonds is 5. The summed E-state index contributed by atoms with van der Waals surface area (Å²) in [5.41, 5.74) is 2.93. The Kier molecular flexibility index (Phi) is 5.13. The summed E-state index contributed by atoms with van der Waals surface area (Å²) in [6.07, 6.45) is 0.0848. The fourth-order valence-corrected chi connectivity index (χ4v) is 3.29. The third-order valence-corrected chi connectivity index (χ3v) is 5.03. The highest BCUT2D eigenvalue weighted by atomic mass is 35.5. The Bertz CT molecular complexity index is 598. The molecule has 0 bridgehead atoms. The summed E-state index contributed by atoms with van der Waals surface area (Å²) in [6.45, 7) is 3.95. The van der Waals surface area contributed by atoms with Gasteiger partial charge in [-0.05, 0) is 25.5 Å². The van der Waals surface area contributed by atoms with Crippen molar-refractivity contribution in [1.82, 2.24) is 9.78 Å². The molecule has 1 atom stereocenters. The molecule has 1 aromatic heterocycles. The number of thioether (sulfide) groups is 1. The number of aliphatic hydroxyl groups is 1. The van der Waals surface area contributed by atoms with Gasteiger partial charge in [-0.15, -0.1) is 11.8 Å². The number of aryl methyl sites for hydroxylation is 3. The van der Waals surface area contributed by atoms with Gasteiger partial charge >= 0.3 is 0 Å². The molecule has 0 saturated heterocycles. The lowest BCUT2D eigenvalue weighted by atomic mass is 10.2. The van der Waals surface area contributed by atoms with Crippen molar-refractivity contribution < 1.29 is 5.11 Å². The van der Waals surface area contributed by atoms with Crippen molar-refractivity contribution in [2.24, 2.45) is 7.05 Å². The first-order chi connectivity index (χ1) is 9.49. The van der Waals surface area contributed by atoms with E-state index in [0.29, 0.717) is 17.2 Å². The minimum absolute atomic E-state index is 0.438. The minimum atomic E-state index is -0.438. The maximum atomic E-state index is 10.2. The smallest absolute Gasteiger partial charge is 0.0847 e. The molecule has 3 nitrogen and oxygen atoms in total. The molecule has 1 aromatic carbocycles.